The van der Waals surface area contributed by atoms with Gasteiger partial charge in [-0.05, 0) is 28.7 Å². The van der Waals surface area contributed by atoms with Crippen molar-refractivity contribution in [3.63, 3.8) is 0 Å². The molecular weight excluding hydrogens is 458 g/mol. The van der Waals surface area contributed by atoms with Crippen LogP contribution >= 0.6 is 0 Å². The topological polar surface area (TPSA) is 95.9 Å². The van der Waals surface area contributed by atoms with E-state index in [4.69, 9.17) is 9.84 Å². The normalized spacial score (nSPS) is 19.4. The molecule has 1 saturated heterocycles. The van der Waals surface area contributed by atoms with Gasteiger partial charge in [0.15, 0.2) is 0 Å². The lowest BCUT2D eigenvalue weighted by atomic mass is 9.93. The molecule has 1 heterocycles. The average Bonchev–Trinajstić information content (AvgIpc) is 3.15. The molecule has 0 bridgehead atoms. The molecule has 1 aliphatic heterocycles. The summed E-state index contributed by atoms with van der Waals surface area (Å²) in [6.45, 7) is 1.02. The fourth-order valence-corrected chi connectivity index (χ4v) is 4.91. The first-order valence-electron chi connectivity index (χ1n) is 11.7. The van der Waals surface area contributed by atoms with Gasteiger partial charge >= 0.3 is 12.1 Å². The van der Waals surface area contributed by atoms with Crippen molar-refractivity contribution in [2.24, 2.45) is 5.92 Å². The monoisotopic (exact) mass is 486 g/mol. The van der Waals surface area contributed by atoms with Gasteiger partial charge in [-0.2, -0.15) is 0 Å². The van der Waals surface area contributed by atoms with E-state index in [2.05, 4.69) is 5.32 Å². The summed E-state index contributed by atoms with van der Waals surface area (Å²) in [5.41, 5.74) is 4.28. The summed E-state index contributed by atoms with van der Waals surface area (Å²) >= 11 is 0. The quantitative estimate of drug-likeness (QED) is 0.610. The second kappa shape index (κ2) is 10.0. The molecule has 186 valence electrons. The molecule has 2 unspecified atom stereocenters. The SMILES string of the molecule is CCCC(NC(=O)OCC1c2ccccc2-c2ccccc21)C(=O)N1CCC(F)(F)C(C(=O)O)C1. The third-order valence-electron chi connectivity index (χ3n) is 6.75. The minimum absolute atomic E-state index is 0.0733. The van der Waals surface area contributed by atoms with Crippen molar-refractivity contribution in [3.8, 4) is 11.1 Å². The van der Waals surface area contributed by atoms with Gasteiger partial charge in [-0.25, -0.2) is 13.6 Å². The number of rotatable bonds is 7. The van der Waals surface area contributed by atoms with E-state index >= 15 is 0 Å². The number of amides is 2. The van der Waals surface area contributed by atoms with Gasteiger partial charge in [0.1, 0.15) is 18.6 Å². The Bertz CT molecular complexity index is 1080. The van der Waals surface area contributed by atoms with Crippen molar-refractivity contribution < 1.29 is 33.0 Å². The first-order chi connectivity index (χ1) is 16.7. The number of benzene rings is 2. The van der Waals surface area contributed by atoms with Crippen LogP contribution in [0, 0.1) is 5.92 Å². The zero-order valence-corrected chi connectivity index (χ0v) is 19.4. The summed E-state index contributed by atoms with van der Waals surface area (Å²) in [6, 6.07) is 14.8. The maximum absolute atomic E-state index is 14.0. The van der Waals surface area contributed by atoms with E-state index in [1.165, 1.54) is 0 Å². The Hall–Kier alpha value is -3.49. The Morgan fingerprint density at radius 1 is 1.11 bits per heavy atom. The summed E-state index contributed by atoms with van der Waals surface area (Å²) in [6.07, 6.45) is -0.699. The molecule has 2 atom stereocenters. The third kappa shape index (κ3) is 4.99. The smallest absolute Gasteiger partial charge is 0.407 e. The van der Waals surface area contributed by atoms with Crippen LogP contribution in [0.3, 0.4) is 0 Å². The Kier molecular flexibility index (Phi) is 7.05. The van der Waals surface area contributed by atoms with Gasteiger partial charge < -0.3 is 20.1 Å². The van der Waals surface area contributed by atoms with E-state index in [0.717, 1.165) is 27.2 Å². The molecule has 0 aromatic heterocycles. The molecule has 1 fully saturated rings. The first kappa shape index (κ1) is 24.6. The maximum Gasteiger partial charge on any atom is 0.407 e. The number of piperidine rings is 1. The Labute approximate surface area is 202 Å². The van der Waals surface area contributed by atoms with E-state index in [9.17, 15) is 23.2 Å². The predicted octanol–water partition coefficient (Wildman–Crippen LogP) is 4.26. The third-order valence-corrected chi connectivity index (χ3v) is 6.75. The number of nitrogens with one attached hydrogen (secondary N) is 1. The number of hydrogen-bond donors (Lipinski definition) is 2. The Morgan fingerprint density at radius 2 is 1.71 bits per heavy atom. The molecule has 4 rings (SSSR count). The molecule has 1 aliphatic carbocycles. The van der Waals surface area contributed by atoms with Crippen LogP contribution in [0.1, 0.15) is 43.2 Å². The molecule has 2 N–H and O–H groups in total. The predicted molar refractivity (Wildman–Crippen MR) is 124 cm³/mol. The highest BCUT2D eigenvalue weighted by molar-refractivity contribution is 5.86. The summed E-state index contributed by atoms with van der Waals surface area (Å²) < 4.78 is 33.4. The fraction of sp³-hybridized carbons (Fsp3) is 0.423. The number of carbonyl (C=O) groups is 3. The van der Waals surface area contributed by atoms with Crippen LogP contribution in [0.4, 0.5) is 13.6 Å². The number of carboxylic acid groups (broad SMARTS) is 1. The zero-order chi connectivity index (χ0) is 25.2. The summed E-state index contributed by atoms with van der Waals surface area (Å²) in [5, 5.41) is 11.7. The largest absolute Gasteiger partial charge is 0.481 e. The second-order valence-electron chi connectivity index (χ2n) is 9.00. The van der Waals surface area contributed by atoms with Crippen molar-refractivity contribution in [2.45, 2.75) is 44.1 Å². The lowest BCUT2D eigenvalue weighted by molar-refractivity contribution is -0.169. The number of likely N-dealkylation sites (tertiary alicyclic amines) is 1. The van der Waals surface area contributed by atoms with Crippen LogP contribution in [0.5, 0.6) is 0 Å². The lowest BCUT2D eigenvalue weighted by Crippen LogP contribution is -2.56. The standard InChI is InChI=1S/C26H28F2N2O5/c1-2-7-22(23(31)30-13-12-26(27,28)21(14-30)24(32)33)29-25(34)35-15-20-18-10-5-3-8-16(18)17-9-4-6-11-19(17)20/h3-6,8-11,20-22H,2,7,12-15H2,1H3,(H,29,34)(H,32,33). The highest BCUT2D eigenvalue weighted by Crippen LogP contribution is 2.44. The number of ether oxygens (including phenoxy) is 1. The van der Waals surface area contributed by atoms with Gasteiger partial charge in [-0.3, -0.25) is 9.59 Å². The lowest BCUT2D eigenvalue weighted by Gasteiger charge is -2.37. The number of halogens is 2. The zero-order valence-electron chi connectivity index (χ0n) is 19.4. The van der Waals surface area contributed by atoms with E-state index in [1.807, 2.05) is 55.5 Å². The number of nitrogens with zero attached hydrogens (tertiary/aromatic N) is 1. The minimum atomic E-state index is -3.39. The summed E-state index contributed by atoms with van der Waals surface area (Å²) in [5.74, 6) is -7.74. The minimum Gasteiger partial charge on any atom is -0.481 e. The van der Waals surface area contributed by atoms with E-state index in [1.54, 1.807) is 0 Å². The van der Waals surface area contributed by atoms with Crippen LogP contribution < -0.4 is 5.32 Å². The highest BCUT2D eigenvalue weighted by Gasteiger charge is 2.50. The van der Waals surface area contributed by atoms with Gasteiger partial charge in [0, 0.05) is 25.4 Å². The molecule has 2 aliphatic rings. The van der Waals surface area contributed by atoms with Crippen molar-refractivity contribution in [3.05, 3.63) is 59.7 Å². The molecule has 0 radical (unpaired) electrons. The number of aliphatic carboxylic acids is 1. The van der Waals surface area contributed by atoms with Crippen molar-refractivity contribution in [1.29, 1.82) is 0 Å². The van der Waals surface area contributed by atoms with Crippen LogP contribution in [-0.2, 0) is 14.3 Å². The molecule has 7 nitrogen and oxygen atoms in total. The van der Waals surface area contributed by atoms with Crippen molar-refractivity contribution >= 4 is 18.0 Å². The number of hydrogen-bond acceptors (Lipinski definition) is 4. The highest BCUT2D eigenvalue weighted by atomic mass is 19.3. The summed E-state index contributed by atoms with van der Waals surface area (Å²) in [4.78, 5) is 38.0. The van der Waals surface area contributed by atoms with Crippen molar-refractivity contribution in [1.82, 2.24) is 10.2 Å². The number of carbonyl (C=O) groups excluding carboxylic acids is 2. The maximum atomic E-state index is 14.0. The second-order valence-corrected chi connectivity index (χ2v) is 9.00. The van der Waals surface area contributed by atoms with Gasteiger partial charge in [0.05, 0.1) is 0 Å². The van der Waals surface area contributed by atoms with Gasteiger partial charge in [0.25, 0.3) is 5.92 Å². The fourth-order valence-electron chi connectivity index (χ4n) is 4.91. The molecule has 0 spiro atoms. The Morgan fingerprint density at radius 3 is 2.29 bits per heavy atom. The van der Waals surface area contributed by atoms with Crippen LogP contribution in [0.25, 0.3) is 11.1 Å². The van der Waals surface area contributed by atoms with Gasteiger partial charge in [-0.15, -0.1) is 0 Å². The van der Waals surface area contributed by atoms with E-state index in [-0.39, 0.29) is 25.5 Å². The van der Waals surface area contributed by atoms with Crippen LogP contribution in [0.2, 0.25) is 0 Å². The van der Waals surface area contributed by atoms with Gasteiger partial charge in [-0.1, -0.05) is 61.9 Å². The van der Waals surface area contributed by atoms with E-state index < -0.39 is 48.8 Å². The number of carboxylic acids is 1. The van der Waals surface area contributed by atoms with Crippen molar-refractivity contribution in [2.75, 3.05) is 19.7 Å². The Balaban J connectivity index is 1.41. The van der Waals surface area contributed by atoms with Gasteiger partial charge in [0.2, 0.25) is 5.91 Å². The molecular formula is C26H28F2N2O5. The molecule has 2 aromatic carbocycles. The number of alkyl halides is 2. The molecule has 9 heteroatoms. The summed E-state index contributed by atoms with van der Waals surface area (Å²) in [7, 11) is 0. The van der Waals surface area contributed by atoms with Crippen LogP contribution in [0.15, 0.2) is 48.5 Å². The molecule has 0 saturated carbocycles. The average molecular weight is 487 g/mol. The van der Waals surface area contributed by atoms with Crippen LogP contribution in [-0.4, -0.2) is 59.6 Å². The molecule has 2 amide bonds. The number of fused-ring (bicyclic) bond motifs is 3. The molecule has 2 aromatic rings. The first-order valence-corrected chi connectivity index (χ1v) is 11.7. The number of alkyl carbamates (subject to hydrolysis) is 1. The molecule has 35 heavy (non-hydrogen) atoms. The van der Waals surface area contributed by atoms with E-state index in [0.29, 0.717) is 6.42 Å².